The van der Waals surface area contributed by atoms with Gasteiger partial charge in [-0.25, -0.2) is 4.79 Å². The first kappa shape index (κ1) is 19.0. The van der Waals surface area contributed by atoms with Crippen LogP contribution in [-0.4, -0.2) is 47.7 Å². The van der Waals surface area contributed by atoms with Gasteiger partial charge in [-0.05, 0) is 43.4 Å². The minimum absolute atomic E-state index is 0.129. The monoisotopic (exact) mass is 427 g/mol. The summed E-state index contributed by atoms with van der Waals surface area (Å²) in [5.41, 5.74) is 0.955. The van der Waals surface area contributed by atoms with Crippen LogP contribution < -0.4 is 5.32 Å². The fourth-order valence-corrected chi connectivity index (χ4v) is 5.23. The van der Waals surface area contributed by atoms with Gasteiger partial charge in [-0.2, -0.15) is 15.0 Å². The van der Waals surface area contributed by atoms with Crippen LogP contribution in [0, 0.1) is 12.8 Å². The van der Waals surface area contributed by atoms with E-state index in [0.29, 0.717) is 40.5 Å². The maximum Gasteiger partial charge on any atom is 0.322 e. The Balaban J connectivity index is 1.38. The van der Waals surface area contributed by atoms with E-state index >= 15 is 0 Å². The van der Waals surface area contributed by atoms with Gasteiger partial charge >= 0.3 is 6.03 Å². The smallest absolute Gasteiger partial charge is 0.322 e. The number of aromatic nitrogens is 5. The summed E-state index contributed by atoms with van der Waals surface area (Å²) < 4.78 is 5.62. The summed E-state index contributed by atoms with van der Waals surface area (Å²) in [7, 11) is 0. The molecule has 2 bridgehead atoms. The number of urea groups is 1. The zero-order valence-corrected chi connectivity index (χ0v) is 17.5. The highest BCUT2D eigenvalue weighted by Gasteiger charge is 2.58. The van der Waals surface area contributed by atoms with Gasteiger partial charge in [0.05, 0.1) is 23.0 Å². The van der Waals surface area contributed by atoms with Crippen molar-refractivity contribution in [1.29, 1.82) is 0 Å². The van der Waals surface area contributed by atoms with Crippen LogP contribution in [-0.2, 0) is 6.42 Å². The minimum atomic E-state index is -0.288. The molecule has 1 saturated carbocycles. The number of benzene rings is 1. The Hall–Kier alpha value is -2.94. The molecule has 3 heterocycles. The molecule has 1 aromatic carbocycles. The van der Waals surface area contributed by atoms with Crippen molar-refractivity contribution in [3.8, 4) is 5.69 Å². The summed E-state index contributed by atoms with van der Waals surface area (Å²) in [6.07, 6.45) is 6.60. The molecular weight excluding hydrogens is 406 g/mol. The number of halogens is 1. The van der Waals surface area contributed by atoms with Gasteiger partial charge in [0.25, 0.3) is 0 Å². The first-order chi connectivity index (χ1) is 14.4. The second-order valence-corrected chi connectivity index (χ2v) is 8.71. The molecule has 3 aromatic rings. The molecule has 1 aliphatic heterocycles. The lowest BCUT2D eigenvalue weighted by Gasteiger charge is -2.63. The molecule has 2 aromatic heterocycles. The van der Waals surface area contributed by atoms with Crippen molar-refractivity contribution in [3.05, 3.63) is 47.4 Å². The van der Waals surface area contributed by atoms with E-state index in [1.54, 1.807) is 37.5 Å². The first-order valence-electron chi connectivity index (χ1n) is 9.99. The Labute approximate surface area is 178 Å². The van der Waals surface area contributed by atoms with E-state index in [1.807, 2.05) is 4.90 Å². The van der Waals surface area contributed by atoms with Crippen molar-refractivity contribution in [2.45, 2.75) is 51.1 Å². The Bertz CT molecular complexity index is 1080. The molecule has 1 N–H and O–H groups in total. The van der Waals surface area contributed by atoms with Crippen LogP contribution in [0.4, 0.5) is 10.5 Å². The van der Waals surface area contributed by atoms with Crippen LogP contribution in [0.3, 0.4) is 0 Å². The third kappa shape index (κ3) is 3.23. The highest BCUT2D eigenvalue weighted by molar-refractivity contribution is 6.32. The van der Waals surface area contributed by atoms with Gasteiger partial charge in [-0.15, -0.1) is 10.2 Å². The molecule has 2 aliphatic rings. The van der Waals surface area contributed by atoms with Gasteiger partial charge in [0.2, 0.25) is 11.8 Å². The quantitative estimate of drug-likeness (QED) is 0.682. The summed E-state index contributed by atoms with van der Waals surface area (Å²) in [6.45, 7) is 4.01. The molecule has 5 rings (SSSR count). The number of nitrogens with zero attached hydrogens (tertiary/aromatic N) is 6. The standard InChI is InChI=1S/C20H22ClN7O2/c1-12-7-15-10-20(9-12,11-18-26-25-13(2)30-18)27(15)19(29)24-14-3-4-16(21)17(8-14)28-22-5-6-23-28/h3-6,8,12,15H,7,9-11H2,1-2H3,(H,24,29)/t12-,15-,20+/m0/s1. The lowest BCUT2D eigenvalue weighted by molar-refractivity contribution is -0.0918. The average molecular weight is 428 g/mol. The Morgan fingerprint density at radius 3 is 2.83 bits per heavy atom. The largest absolute Gasteiger partial charge is 0.426 e. The molecular formula is C20H22ClN7O2. The predicted octanol–water partition coefficient (Wildman–Crippen LogP) is 3.63. The molecule has 0 unspecified atom stereocenters. The normalized spacial score (nSPS) is 25.1. The van der Waals surface area contributed by atoms with Crippen LogP contribution in [0.2, 0.25) is 5.02 Å². The number of carbonyl (C=O) groups excluding carboxylic acids is 1. The lowest BCUT2D eigenvalue weighted by Crippen LogP contribution is -2.73. The molecule has 156 valence electrons. The van der Waals surface area contributed by atoms with E-state index < -0.39 is 0 Å². The lowest BCUT2D eigenvalue weighted by atomic mass is 9.63. The molecule has 30 heavy (non-hydrogen) atoms. The number of likely N-dealkylation sites (tertiary alicyclic amines) is 1. The summed E-state index contributed by atoms with van der Waals surface area (Å²) in [4.78, 5) is 16.7. The molecule has 3 atom stereocenters. The van der Waals surface area contributed by atoms with Gasteiger partial charge in [-0.3, -0.25) is 0 Å². The summed E-state index contributed by atoms with van der Waals surface area (Å²) in [5.74, 6) is 1.67. The van der Waals surface area contributed by atoms with Gasteiger partial charge in [-0.1, -0.05) is 18.5 Å². The number of anilines is 1. The predicted molar refractivity (Wildman–Crippen MR) is 109 cm³/mol. The molecule has 10 heteroatoms. The SMILES string of the molecule is Cc1nnc(C[C@@]23C[C@@H](C)C[C@@H](C2)N3C(=O)Nc2ccc(Cl)c(-n3nccn3)c2)o1. The van der Waals surface area contributed by atoms with E-state index in [0.717, 1.165) is 19.3 Å². The van der Waals surface area contributed by atoms with Crippen molar-refractivity contribution in [3.63, 3.8) is 0 Å². The van der Waals surface area contributed by atoms with Crippen LogP contribution in [0.15, 0.2) is 35.0 Å². The van der Waals surface area contributed by atoms with Crippen LogP contribution in [0.5, 0.6) is 0 Å². The third-order valence-electron chi connectivity index (χ3n) is 5.99. The van der Waals surface area contributed by atoms with Gasteiger partial charge in [0.15, 0.2) is 0 Å². The molecule has 0 spiro atoms. The van der Waals surface area contributed by atoms with E-state index in [-0.39, 0.29) is 17.6 Å². The second-order valence-electron chi connectivity index (χ2n) is 8.30. The fourth-order valence-electron chi connectivity index (χ4n) is 5.04. The third-order valence-corrected chi connectivity index (χ3v) is 6.31. The zero-order valence-electron chi connectivity index (χ0n) is 16.7. The summed E-state index contributed by atoms with van der Waals surface area (Å²) in [6, 6.07) is 5.37. The number of nitrogens with one attached hydrogen (secondary N) is 1. The fraction of sp³-hybridized carbons (Fsp3) is 0.450. The van der Waals surface area contributed by atoms with Gasteiger partial charge in [0, 0.05) is 25.1 Å². The molecule has 2 fully saturated rings. The number of carbonyl (C=O) groups is 1. The molecule has 1 aliphatic carbocycles. The second kappa shape index (κ2) is 7.09. The molecule has 2 amide bonds. The van der Waals surface area contributed by atoms with Crippen LogP contribution in [0.25, 0.3) is 5.69 Å². The summed E-state index contributed by atoms with van der Waals surface area (Å²) >= 11 is 6.29. The Morgan fingerprint density at radius 2 is 2.10 bits per heavy atom. The first-order valence-corrected chi connectivity index (χ1v) is 10.4. The number of piperidine rings is 1. The Morgan fingerprint density at radius 1 is 1.30 bits per heavy atom. The highest BCUT2D eigenvalue weighted by Crippen LogP contribution is 2.51. The minimum Gasteiger partial charge on any atom is -0.426 e. The molecule has 9 nitrogen and oxygen atoms in total. The number of aryl methyl sites for hydroxylation is 1. The van der Waals surface area contributed by atoms with Crippen molar-refractivity contribution >= 4 is 23.3 Å². The maximum absolute atomic E-state index is 13.3. The van der Waals surface area contributed by atoms with E-state index in [4.69, 9.17) is 16.0 Å². The maximum atomic E-state index is 13.3. The van der Waals surface area contributed by atoms with Gasteiger partial charge < -0.3 is 14.6 Å². The van der Waals surface area contributed by atoms with E-state index in [9.17, 15) is 4.79 Å². The topological polar surface area (TPSA) is 102 Å². The molecule has 0 radical (unpaired) electrons. The van der Waals surface area contributed by atoms with Crippen molar-refractivity contribution in [2.24, 2.45) is 5.92 Å². The number of hydrogen-bond acceptors (Lipinski definition) is 6. The number of rotatable bonds is 4. The van der Waals surface area contributed by atoms with Gasteiger partial charge in [0.1, 0.15) is 5.69 Å². The van der Waals surface area contributed by atoms with E-state index in [2.05, 4.69) is 32.6 Å². The van der Waals surface area contributed by atoms with Crippen LogP contribution in [0.1, 0.15) is 38.0 Å². The average Bonchev–Trinajstić information content (AvgIpc) is 3.34. The highest BCUT2D eigenvalue weighted by atomic mass is 35.5. The number of hydrogen-bond donors (Lipinski definition) is 1. The van der Waals surface area contributed by atoms with Crippen molar-refractivity contribution < 1.29 is 9.21 Å². The zero-order chi connectivity index (χ0) is 20.9. The van der Waals surface area contributed by atoms with Crippen molar-refractivity contribution in [1.82, 2.24) is 30.1 Å². The summed E-state index contributed by atoms with van der Waals surface area (Å²) in [5, 5.41) is 19.9. The Kier molecular flexibility index (Phi) is 4.50. The van der Waals surface area contributed by atoms with Crippen LogP contribution >= 0.6 is 11.6 Å². The number of amides is 2. The number of fused-ring (bicyclic) bond motifs is 2. The molecule has 1 saturated heterocycles. The van der Waals surface area contributed by atoms with E-state index in [1.165, 1.54) is 4.80 Å². The van der Waals surface area contributed by atoms with Crippen molar-refractivity contribution in [2.75, 3.05) is 5.32 Å².